The molecule has 2 aliphatic carbocycles. The van der Waals surface area contributed by atoms with Gasteiger partial charge >= 0.3 is 0 Å². The molecule has 2 fully saturated rings. The van der Waals surface area contributed by atoms with Gasteiger partial charge < -0.3 is 5.32 Å². The quantitative estimate of drug-likeness (QED) is 0.823. The molecule has 3 rings (SSSR count). The Morgan fingerprint density at radius 1 is 1.41 bits per heavy atom. The monoisotopic (exact) mass is 249 g/mol. The summed E-state index contributed by atoms with van der Waals surface area (Å²) in [5, 5.41) is 8.21. The molecule has 1 aromatic rings. The Bertz CT molecular complexity index is 346. The van der Waals surface area contributed by atoms with Gasteiger partial charge in [-0.15, -0.1) is 0 Å². The molecule has 0 amide bonds. The minimum atomic E-state index is 0.607. The van der Waals surface area contributed by atoms with Crippen molar-refractivity contribution in [2.24, 2.45) is 17.8 Å². The highest BCUT2D eigenvalue weighted by molar-refractivity contribution is 7.07. The highest BCUT2D eigenvalue weighted by Crippen LogP contribution is 2.50. The fourth-order valence-corrected chi connectivity index (χ4v) is 4.74. The van der Waals surface area contributed by atoms with Crippen molar-refractivity contribution in [3.05, 3.63) is 22.4 Å². The first-order valence-corrected chi connectivity index (χ1v) is 8.06. The highest BCUT2D eigenvalue weighted by Gasteiger charge is 2.40. The van der Waals surface area contributed by atoms with Gasteiger partial charge in [0.05, 0.1) is 0 Å². The van der Waals surface area contributed by atoms with Crippen molar-refractivity contribution in [1.29, 1.82) is 0 Å². The van der Waals surface area contributed by atoms with Gasteiger partial charge in [0.1, 0.15) is 0 Å². The molecule has 1 N–H and O–H groups in total. The summed E-state index contributed by atoms with van der Waals surface area (Å²) in [7, 11) is 0. The Kier molecular flexibility index (Phi) is 3.53. The van der Waals surface area contributed by atoms with Crippen molar-refractivity contribution in [2.75, 3.05) is 6.54 Å². The van der Waals surface area contributed by atoms with Gasteiger partial charge in [-0.25, -0.2) is 0 Å². The van der Waals surface area contributed by atoms with E-state index in [2.05, 4.69) is 29.1 Å². The minimum Gasteiger partial charge on any atom is -0.310 e. The summed E-state index contributed by atoms with van der Waals surface area (Å²) >= 11 is 1.83. The molecule has 0 spiro atoms. The van der Waals surface area contributed by atoms with Crippen molar-refractivity contribution in [1.82, 2.24) is 5.32 Å². The molecule has 0 saturated heterocycles. The average molecular weight is 249 g/mol. The molecular formula is C15H23NS. The molecule has 1 aromatic heterocycles. The zero-order valence-electron chi connectivity index (χ0n) is 10.7. The maximum atomic E-state index is 3.68. The molecule has 1 nitrogen and oxygen atoms in total. The predicted molar refractivity (Wildman–Crippen MR) is 74.3 cm³/mol. The van der Waals surface area contributed by atoms with E-state index in [4.69, 9.17) is 0 Å². The van der Waals surface area contributed by atoms with Crippen LogP contribution in [-0.4, -0.2) is 6.54 Å². The smallest absolute Gasteiger partial charge is 0.0331 e. The third kappa shape index (κ3) is 2.43. The lowest BCUT2D eigenvalue weighted by Gasteiger charge is -2.27. The second kappa shape index (κ2) is 5.11. The maximum Gasteiger partial charge on any atom is 0.0331 e. The van der Waals surface area contributed by atoms with Crippen molar-refractivity contribution in [2.45, 2.75) is 45.1 Å². The van der Waals surface area contributed by atoms with Crippen LogP contribution in [0.5, 0.6) is 0 Å². The number of fused-ring (bicyclic) bond motifs is 2. The highest BCUT2D eigenvalue weighted by atomic mass is 32.1. The number of hydrogen-bond donors (Lipinski definition) is 1. The van der Waals surface area contributed by atoms with Crippen molar-refractivity contribution >= 4 is 11.3 Å². The van der Waals surface area contributed by atoms with Gasteiger partial charge in [-0.2, -0.15) is 11.3 Å². The molecule has 2 heteroatoms. The summed E-state index contributed by atoms with van der Waals surface area (Å²) in [5.41, 5.74) is 1.51. The number of hydrogen-bond acceptors (Lipinski definition) is 2. The third-order valence-corrected chi connectivity index (χ3v) is 5.52. The van der Waals surface area contributed by atoms with Gasteiger partial charge in [0.2, 0.25) is 0 Å². The molecule has 1 heterocycles. The van der Waals surface area contributed by atoms with Crippen LogP contribution in [0.3, 0.4) is 0 Å². The Labute approximate surface area is 109 Å². The normalized spacial score (nSPS) is 33.1. The topological polar surface area (TPSA) is 12.0 Å². The number of rotatable bonds is 5. The molecule has 4 atom stereocenters. The summed E-state index contributed by atoms with van der Waals surface area (Å²) in [4.78, 5) is 0. The zero-order valence-corrected chi connectivity index (χ0v) is 11.5. The van der Waals surface area contributed by atoms with Crippen LogP contribution in [0.15, 0.2) is 16.8 Å². The van der Waals surface area contributed by atoms with Crippen LogP contribution in [-0.2, 0) is 0 Å². The van der Waals surface area contributed by atoms with E-state index in [0.717, 1.165) is 24.3 Å². The average Bonchev–Trinajstić information content (AvgIpc) is 3.06. The van der Waals surface area contributed by atoms with Crippen LogP contribution in [0, 0.1) is 17.8 Å². The minimum absolute atomic E-state index is 0.607. The van der Waals surface area contributed by atoms with E-state index < -0.39 is 0 Å². The van der Waals surface area contributed by atoms with E-state index in [1.807, 2.05) is 11.3 Å². The lowest BCUT2D eigenvalue weighted by Crippen LogP contribution is -2.25. The number of thiophene rings is 1. The van der Waals surface area contributed by atoms with Crippen molar-refractivity contribution in [3.63, 3.8) is 0 Å². The molecular weight excluding hydrogens is 226 g/mol. The maximum absolute atomic E-state index is 3.68. The molecule has 0 aliphatic heterocycles. The lowest BCUT2D eigenvalue weighted by molar-refractivity contribution is 0.281. The molecule has 2 bridgehead atoms. The first-order chi connectivity index (χ1) is 8.36. The largest absolute Gasteiger partial charge is 0.310 e. The van der Waals surface area contributed by atoms with Gasteiger partial charge in [-0.3, -0.25) is 0 Å². The Morgan fingerprint density at radius 2 is 2.35 bits per heavy atom. The summed E-state index contributed by atoms with van der Waals surface area (Å²) in [6.45, 7) is 3.31. The summed E-state index contributed by atoms with van der Waals surface area (Å²) in [5.74, 6) is 3.13. The van der Waals surface area contributed by atoms with Crippen molar-refractivity contribution in [3.8, 4) is 0 Å². The van der Waals surface area contributed by atoms with Crippen LogP contribution in [0.25, 0.3) is 0 Å². The molecule has 0 radical (unpaired) electrons. The van der Waals surface area contributed by atoms with E-state index in [9.17, 15) is 0 Å². The summed E-state index contributed by atoms with van der Waals surface area (Å²) in [6.07, 6.45) is 7.44. The van der Waals surface area contributed by atoms with Crippen LogP contribution in [0.2, 0.25) is 0 Å². The van der Waals surface area contributed by atoms with E-state index in [1.54, 1.807) is 0 Å². The molecule has 94 valence electrons. The van der Waals surface area contributed by atoms with Crippen LogP contribution < -0.4 is 5.32 Å². The third-order valence-electron chi connectivity index (χ3n) is 4.82. The van der Waals surface area contributed by atoms with E-state index in [1.165, 1.54) is 37.7 Å². The van der Waals surface area contributed by atoms with Gasteiger partial charge in [-0.1, -0.05) is 13.3 Å². The SMILES string of the molecule is CCNC(CC1CC2CCC1C2)c1ccsc1. The van der Waals surface area contributed by atoms with Gasteiger partial charge in [0, 0.05) is 6.04 Å². The fraction of sp³-hybridized carbons (Fsp3) is 0.733. The first-order valence-electron chi connectivity index (χ1n) is 7.12. The first kappa shape index (κ1) is 11.7. The van der Waals surface area contributed by atoms with Crippen molar-refractivity contribution < 1.29 is 0 Å². The fourth-order valence-electron chi connectivity index (χ4n) is 4.02. The van der Waals surface area contributed by atoms with Crippen LogP contribution in [0.1, 0.15) is 50.6 Å². The second-order valence-electron chi connectivity index (χ2n) is 5.84. The molecule has 17 heavy (non-hydrogen) atoms. The molecule has 0 aromatic carbocycles. The van der Waals surface area contributed by atoms with Gasteiger partial charge in [0.15, 0.2) is 0 Å². The van der Waals surface area contributed by atoms with Crippen LogP contribution >= 0.6 is 11.3 Å². The molecule has 2 aliphatic rings. The van der Waals surface area contributed by atoms with Crippen LogP contribution in [0.4, 0.5) is 0 Å². The summed E-state index contributed by atoms with van der Waals surface area (Å²) < 4.78 is 0. The van der Waals surface area contributed by atoms with E-state index in [0.29, 0.717) is 6.04 Å². The summed E-state index contributed by atoms with van der Waals surface area (Å²) in [6, 6.07) is 2.90. The second-order valence-corrected chi connectivity index (χ2v) is 6.62. The predicted octanol–water partition coefficient (Wildman–Crippen LogP) is 4.23. The number of nitrogens with one attached hydrogen (secondary N) is 1. The van der Waals surface area contributed by atoms with E-state index in [-0.39, 0.29) is 0 Å². The zero-order chi connectivity index (χ0) is 11.7. The Morgan fingerprint density at radius 3 is 2.94 bits per heavy atom. The van der Waals surface area contributed by atoms with Gasteiger partial charge in [0.25, 0.3) is 0 Å². The Hall–Kier alpha value is -0.340. The van der Waals surface area contributed by atoms with Gasteiger partial charge in [-0.05, 0) is 72.4 Å². The van der Waals surface area contributed by atoms with E-state index >= 15 is 0 Å². The molecule has 4 unspecified atom stereocenters. The Balaban J connectivity index is 1.65. The standard InChI is InChI=1S/C15H23NS/c1-2-16-15(13-5-6-17-10-13)9-14-8-11-3-4-12(14)7-11/h5-6,10-12,14-16H,2-4,7-9H2,1H3. The lowest BCUT2D eigenvalue weighted by atomic mass is 9.83. The molecule has 2 saturated carbocycles.